The maximum atomic E-state index is 12.3. The summed E-state index contributed by atoms with van der Waals surface area (Å²) in [6.07, 6.45) is -0.0806. The highest BCUT2D eigenvalue weighted by atomic mass is 35.5. The molecule has 0 aliphatic carbocycles. The molecule has 130 valence electrons. The van der Waals surface area contributed by atoms with E-state index in [1.54, 1.807) is 24.3 Å². The zero-order chi connectivity index (χ0) is 17.9. The lowest BCUT2D eigenvalue weighted by Gasteiger charge is -2.19. The van der Waals surface area contributed by atoms with Crippen LogP contribution in [-0.2, 0) is 11.8 Å². The fourth-order valence-electron chi connectivity index (χ4n) is 2.90. The van der Waals surface area contributed by atoms with Crippen LogP contribution in [-0.4, -0.2) is 20.8 Å². The summed E-state index contributed by atoms with van der Waals surface area (Å²) >= 11 is 5.84. The van der Waals surface area contributed by atoms with Gasteiger partial charge in [0, 0.05) is 23.3 Å². The second-order valence-electron chi connectivity index (χ2n) is 6.01. The second-order valence-corrected chi connectivity index (χ2v) is 6.44. The topological polar surface area (TPSA) is 67.2 Å². The molecule has 2 rings (SSSR count). The number of hydrogen-bond donors (Lipinski definition) is 2. The highest BCUT2D eigenvalue weighted by Crippen LogP contribution is 2.25. The van der Waals surface area contributed by atoms with Gasteiger partial charge in [-0.2, -0.15) is 5.10 Å². The first-order valence-electron chi connectivity index (χ1n) is 8.06. The third kappa shape index (κ3) is 4.16. The fourth-order valence-corrected chi connectivity index (χ4v) is 3.03. The van der Waals surface area contributed by atoms with E-state index in [2.05, 4.69) is 10.4 Å². The predicted octanol–water partition coefficient (Wildman–Crippen LogP) is 3.38. The first-order chi connectivity index (χ1) is 11.3. The summed E-state index contributed by atoms with van der Waals surface area (Å²) in [5.74, 6) is -0.188. The number of aryl methyl sites for hydroxylation is 2. The van der Waals surface area contributed by atoms with Gasteiger partial charge in [-0.05, 0) is 38.0 Å². The Hall–Kier alpha value is -1.85. The summed E-state index contributed by atoms with van der Waals surface area (Å²) in [5, 5.41) is 18.3. The molecule has 0 unspecified atom stereocenters. The Kier molecular flexibility index (Phi) is 6.02. The first kappa shape index (κ1) is 18.5. The quantitative estimate of drug-likeness (QED) is 0.840. The van der Waals surface area contributed by atoms with E-state index in [4.69, 9.17) is 11.6 Å². The van der Waals surface area contributed by atoms with Crippen molar-refractivity contribution in [1.29, 1.82) is 0 Å². The van der Waals surface area contributed by atoms with E-state index in [1.165, 1.54) is 0 Å². The summed E-state index contributed by atoms with van der Waals surface area (Å²) in [7, 11) is 1.89. The van der Waals surface area contributed by atoms with E-state index < -0.39 is 6.10 Å². The lowest BCUT2D eigenvalue weighted by atomic mass is 10.0. The molecule has 0 spiro atoms. The third-order valence-electron chi connectivity index (χ3n) is 4.29. The van der Waals surface area contributed by atoms with Crippen LogP contribution in [0.5, 0.6) is 0 Å². The standard InChI is InChI=1S/C18H24ClN3O2/c1-5-15(18-11(2)21-22(4)12(18)3)20-17(24)10-16(23)13-6-8-14(19)9-7-13/h6-9,15-16,23H,5,10H2,1-4H3,(H,20,24)/t15-,16-/m1/s1. The minimum absolute atomic E-state index is 0.0104. The van der Waals surface area contributed by atoms with Crippen LogP contribution in [0.4, 0.5) is 0 Å². The average Bonchev–Trinajstić information content (AvgIpc) is 2.78. The van der Waals surface area contributed by atoms with Crippen molar-refractivity contribution in [2.75, 3.05) is 0 Å². The summed E-state index contributed by atoms with van der Waals surface area (Å²) in [6, 6.07) is 6.76. The van der Waals surface area contributed by atoms with E-state index in [9.17, 15) is 9.90 Å². The van der Waals surface area contributed by atoms with Crippen LogP contribution in [0, 0.1) is 13.8 Å². The number of halogens is 1. The van der Waals surface area contributed by atoms with Gasteiger partial charge in [-0.1, -0.05) is 30.7 Å². The van der Waals surface area contributed by atoms with Gasteiger partial charge in [0.2, 0.25) is 5.91 Å². The van der Waals surface area contributed by atoms with E-state index in [0.717, 1.165) is 23.4 Å². The molecule has 5 nitrogen and oxygen atoms in total. The smallest absolute Gasteiger partial charge is 0.223 e. The van der Waals surface area contributed by atoms with E-state index in [1.807, 2.05) is 32.5 Å². The zero-order valence-electron chi connectivity index (χ0n) is 14.5. The van der Waals surface area contributed by atoms with Crippen molar-refractivity contribution in [3.05, 3.63) is 51.8 Å². The molecule has 2 aromatic rings. The van der Waals surface area contributed by atoms with Crippen LogP contribution < -0.4 is 5.32 Å². The van der Waals surface area contributed by atoms with Gasteiger partial charge in [-0.15, -0.1) is 0 Å². The number of aliphatic hydroxyl groups excluding tert-OH is 1. The Labute approximate surface area is 147 Å². The van der Waals surface area contributed by atoms with Crippen LogP contribution >= 0.6 is 11.6 Å². The van der Waals surface area contributed by atoms with Crippen molar-refractivity contribution >= 4 is 17.5 Å². The molecule has 1 amide bonds. The van der Waals surface area contributed by atoms with Crippen LogP contribution in [0.2, 0.25) is 5.02 Å². The fraction of sp³-hybridized carbons (Fsp3) is 0.444. The Morgan fingerprint density at radius 2 is 1.96 bits per heavy atom. The molecule has 6 heteroatoms. The number of carbonyl (C=O) groups is 1. The largest absolute Gasteiger partial charge is 0.388 e. The summed E-state index contributed by atoms with van der Waals surface area (Å²) < 4.78 is 1.82. The number of hydrogen-bond acceptors (Lipinski definition) is 3. The summed E-state index contributed by atoms with van der Waals surface area (Å²) in [6.45, 7) is 5.96. The number of aromatic nitrogens is 2. The highest BCUT2D eigenvalue weighted by Gasteiger charge is 2.22. The molecule has 1 aromatic carbocycles. The molecule has 1 heterocycles. The molecule has 0 fully saturated rings. The minimum atomic E-state index is -0.851. The Bertz CT molecular complexity index is 710. The number of nitrogens with zero attached hydrogens (tertiary/aromatic N) is 2. The van der Waals surface area contributed by atoms with E-state index in [-0.39, 0.29) is 18.4 Å². The predicted molar refractivity (Wildman–Crippen MR) is 94.9 cm³/mol. The molecule has 2 N–H and O–H groups in total. The molecule has 0 radical (unpaired) electrons. The van der Waals surface area contributed by atoms with Crippen molar-refractivity contribution in [2.45, 2.75) is 45.8 Å². The van der Waals surface area contributed by atoms with Crippen molar-refractivity contribution in [1.82, 2.24) is 15.1 Å². The van der Waals surface area contributed by atoms with Gasteiger partial charge in [-0.3, -0.25) is 9.48 Å². The molecule has 24 heavy (non-hydrogen) atoms. The van der Waals surface area contributed by atoms with Gasteiger partial charge in [0.1, 0.15) is 0 Å². The highest BCUT2D eigenvalue weighted by molar-refractivity contribution is 6.30. The number of amides is 1. The number of benzene rings is 1. The first-order valence-corrected chi connectivity index (χ1v) is 8.44. The van der Waals surface area contributed by atoms with Crippen LogP contribution in [0.15, 0.2) is 24.3 Å². The lowest BCUT2D eigenvalue weighted by Crippen LogP contribution is -2.30. The van der Waals surface area contributed by atoms with Gasteiger partial charge in [-0.25, -0.2) is 0 Å². The maximum Gasteiger partial charge on any atom is 0.223 e. The van der Waals surface area contributed by atoms with E-state index >= 15 is 0 Å². The van der Waals surface area contributed by atoms with Gasteiger partial charge < -0.3 is 10.4 Å². The number of rotatable bonds is 6. The summed E-state index contributed by atoms with van der Waals surface area (Å²) in [5.41, 5.74) is 3.68. The molecule has 2 atom stereocenters. The average molecular weight is 350 g/mol. The van der Waals surface area contributed by atoms with Crippen LogP contribution in [0.1, 0.15) is 54.4 Å². The third-order valence-corrected chi connectivity index (χ3v) is 4.54. The molecular formula is C18H24ClN3O2. The monoisotopic (exact) mass is 349 g/mol. The molecule has 0 aliphatic rings. The van der Waals surface area contributed by atoms with Crippen LogP contribution in [0.25, 0.3) is 0 Å². The number of carbonyl (C=O) groups excluding carboxylic acids is 1. The normalized spacial score (nSPS) is 13.6. The van der Waals surface area contributed by atoms with Crippen molar-refractivity contribution < 1.29 is 9.90 Å². The second kappa shape index (κ2) is 7.81. The molecule has 1 aromatic heterocycles. The van der Waals surface area contributed by atoms with Gasteiger partial charge in [0.15, 0.2) is 0 Å². The maximum absolute atomic E-state index is 12.3. The Balaban J connectivity index is 2.05. The summed E-state index contributed by atoms with van der Waals surface area (Å²) in [4.78, 5) is 12.3. The van der Waals surface area contributed by atoms with E-state index in [0.29, 0.717) is 10.6 Å². The number of nitrogens with one attached hydrogen (secondary N) is 1. The Morgan fingerprint density at radius 1 is 1.33 bits per heavy atom. The van der Waals surface area contributed by atoms with Crippen molar-refractivity contribution in [3.8, 4) is 0 Å². The molecule has 0 saturated carbocycles. The van der Waals surface area contributed by atoms with Crippen molar-refractivity contribution in [2.24, 2.45) is 7.05 Å². The molecule has 0 saturated heterocycles. The van der Waals surface area contributed by atoms with Gasteiger partial charge in [0.05, 0.1) is 24.3 Å². The minimum Gasteiger partial charge on any atom is -0.388 e. The van der Waals surface area contributed by atoms with Gasteiger partial charge >= 0.3 is 0 Å². The molecule has 0 bridgehead atoms. The molecule has 0 aliphatic heterocycles. The molecular weight excluding hydrogens is 326 g/mol. The SMILES string of the molecule is CC[C@@H](NC(=O)C[C@@H](O)c1ccc(Cl)cc1)c1c(C)nn(C)c1C. The number of aliphatic hydroxyl groups is 1. The Morgan fingerprint density at radius 3 is 2.46 bits per heavy atom. The van der Waals surface area contributed by atoms with Crippen LogP contribution in [0.3, 0.4) is 0 Å². The van der Waals surface area contributed by atoms with Crippen molar-refractivity contribution in [3.63, 3.8) is 0 Å². The van der Waals surface area contributed by atoms with Gasteiger partial charge in [0.25, 0.3) is 0 Å². The zero-order valence-corrected chi connectivity index (χ0v) is 15.3. The lowest BCUT2D eigenvalue weighted by molar-refractivity contribution is -0.123.